The quantitative estimate of drug-likeness (QED) is 0.213. The molecule has 2 atom stereocenters. The number of hydrogen-bond acceptors (Lipinski definition) is 6. The van der Waals surface area contributed by atoms with Crippen LogP contribution in [-0.2, 0) is 26.4 Å². The number of amides is 1. The molecule has 0 spiro atoms. The molecule has 5 aromatic rings. The summed E-state index contributed by atoms with van der Waals surface area (Å²) in [5.41, 5.74) is 5.57. The van der Waals surface area contributed by atoms with Gasteiger partial charge in [0.1, 0.15) is 17.4 Å². The van der Waals surface area contributed by atoms with Gasteiger partial charge in [0.15, 0.2) is 0 Å². The van der Waals surface area contributed by atoms with Crippen molar-refractivity contribution in [2.24, 2.45) is 7.05 Å². The van der Waals surface area contributed by atoms with Crippen molar-refractivity contribution in [1.82, 2.24) is 30.2 Å². The molecule has 0 bridgehead atoms. The second-order valence-electron chi connectivity index (χ2n) is 10.3. The van der Waals surface area contributed by atoms with Crippen molar-refractivity contribution in [3.63, 3.8) is 0 Å². The Hall–Kier alpha value is -4.50. The smallest absolute Gasteiger partial charge is 0.251 e. The van der Waals surface area contributed by atoms with E-state index in [1.807, 2.05) is 67.9 Å². The third-order valence-corrected chi connectivity index (χ3v) is 7.65. The van der Waals surface area contributed by atoms with Gasteiger partial charge >= 0.3 is 0 Å². The maximum absolute atomic E-state index is 13.3. The van der Waals surface area contributed by atoms with E-state index in [0.717, 1.165) is 44.8 Å². The average molecular weight is 522 g/mol. The maximum Gasteiger partial charge on any atom is 0.251 e. The van der Waals surface area contributed by atoms with Crippen molar-refractivity contribution < 1.29 is 9.90 Å². The Bertz CT molecular complexity index is 1750. The Labute approximate surface area is 225 Å². The van der Waals surface area contributed by atoms with Crippen LogP contribution < -0.4 is 10.6 Å². The zero-order valence-electron chi connectivity index (χ0n) is 22.2. The van der Waals surface area contributed by atoms with Gasteiger partial charge in [-0.05, 0) is 48.9 Å². The van der Waals surface area contributed by atoms with Crippen LogP contribution in [0.5, 0.6) is 5.75 Å². The van der Waals surface area contributed by atoms with Gasteiger partial charge < -0.3 is 30.7 Å². The molecule has 0 radical (unpaired) electrons. The number of rotatable bonds is 6. The summed E-state index contributed by atoms with van der Waals surface area (Å²) in [7, 11) is 1.95. The van der Waals surface area contributed by atoms with Crippen LogP contribution in [0.1, 0.15) is 58.8 Å². The van der Waals surface area contributed by atoms with Gasteiger partial charge in [0.25, 0.3) is 5.91 Å². The second-order valence-corrected chi connectivity index (χ2v) is 10.3. The molecule has 3 heterocycles. The topological polar surface area (TPSA) is 132 Å². The Kier molecular flexibility index (Phi) is 6.15. The van der Waals surface area contributed by atoms with E-state index in [1.165, 1.54) is 0 Å². The molecule has 1 amide bonds. The summed E-state index contributed by atoms with van der Waals surface area (Å²) in [6.45, 7) is 4.36. The molecule has 1 aliphatic heterocycles. The molecule has 9 heteroatoms. The van der Waals surface area contributed by atoms with Crippen LogP contribution in [-0.4, -0.2) is 42.3 Å². The second kappa shape index (κ2) is 9.67. The number of aromatic nitrogens is 4. The number of aryl methyl sites for hydroxylation is 1. The number of nitrogens with zero attached hydrogens (tertiary/aromatic N) is 3. The number of imidazole rings is 2. The number of aromatic amines is 1. The largest absolute Gasteiger partial charge is 0.508 e. The van der Waals surface area contributed by atoms with Crippen LogP contribution in [0.4, 0.5) is 0 Å². The predicted octanol–water partition coefficient (Wildman–Crippen LogP) is 4.29. The Morgan fingerprint density at radius 2 is 2.03 bits per heavy atom. The third kappa shape index (κ3) is 4.55. The van der Waals surface area contributed by atoms with Crippen molar-refractivity contribution in [3.8, 4) is 5.75 Å². The highest BCUT2D eigenvalue weighted by molar-refractivity contribution is 5.98. The van der Waals surface area contributed by atoms with E-state index in [2.05, 4.69) is 15.6 Å². The minimum absolute atomic E-state index is 0.0289. The lowest BCUT2D eigenvalue weighted by Gasteiger charge is -2.21. The standard InChI is InChI=1S/C30H31N7O2/c1-16(31)22-13-23-24(15-32-22)35-27(34-23)14-28-36-21-10-8-19(12-25(21)37(28)3)30(39)33-17(2)29-20-7-5-4-6-18(20)9-11-26(29)38/h4-12,17,22,31-32,38H,13-15H2,1-3H3,(H,33,39)(H,34,35). The number of phenolic OH excluding ortho intramolecular Hbond substituents is 1. The summed E-state index contributed by atoms with van der Waals surface area (Å²) in [5, 5.41) is 26.8. The molecule has 6 rings (SSSR count). The summed E-state index contributed by atoms with van der Waals surface area (Å²) >= 11 is 0. The lowest BCUT2D eigenvalue weighted by Crippen LogP contribution is -2.40. The molecule has 5 N–H and O–H groups in total. The van der Waals surface area contributed by atoms with Crippen molar-refractivity contribution in [3.05, 3.63) is 88.8 Å². The molecule has 198 valence electrons. The lowest BCUT2D eigenvalue weighted by atomic mass is 9.98. The highest BCUT2D eigenvalue weighted by Gasteiger charge is 2.24. The summed E-state index contributed by atoms with van der Waals surface area (Å²) < 4.78 is 2.00. The van der Waals surface area contributed by atoms with Crippen LogP contribution in [0.25, 0.3) is 21.8 Å². The highest BCUT2D eigenvalue weighted by Crippen LogP contribution is 2.32. The minimum Gasteiger partial charge on any atom is -0.508 e. The minimum atomic E-state index is -0.392. The van der Waals surface area contributed by atoms with Gasteiger partial charge in [-0.25, -0.2) is 9.97 Å². The Morgan fingerprint density at radius 1 is 1.21 bits per heavy atom. The van der Waals surface area contributed by atoms with Gasteiger partial charge in [0, 0.05) is 36.9 Å². The van der Waals surface area contributed by atoms with Crippen molar-refractivity contribution in [2.75, 3.05) is 0 Å². The highest BCUT2D eigenvalue weighted by atomic mass is 16.3. The summed E-state index contributed by atoms with van der Waals surface area (Å²) in [4.78, 5) is 26.3. The Balaban J connectivity index is 1.23. The van der Waals surface area contributed by atoms with E-state index in [9.17, 15) is 9.90 Å². The molecule has 1 aliphatic rings. The summed E-state index contributed by atoms with van der Waals surface area (Å²) in [6.07, 6.45) is 1.24. The van der Waals surface area contributed by atoms with Crippen LogP contribution in [0.15, 0.2) is 54.6 Å². The van der Waals surface area contributed by atoms with E-state index in [1.54, 1.807) is 12.1 Å². The number of fused-ring (bicyclic) bond motifs is 3. The molecule has 3 aromatic carbocycles. The molecule has 0 saturated carbocycles. The normalized spacial score (nSPS) is 15.8. The van der Waals surface area contributed by atoms with Gasteiger partial charge in [-0.1, -0.05) is 30.3 Å². The number of phenols is 1. The molecule has 2 unspecified atom stereocenters. The SMILES string of the molecule is CC(=N)C1Cc2nc(Cc3nc4ccc(C(=O)NC(C)c5c(O)ccc6ccccc56)cc4n3C)[nH]c2CN1. The van der Waals surface area contributed by atoms with Crippen LogP contribution in [0.3, 0.4) is 0 Å². The first-order valence-corrected chi connectivity index (χ1v) is 13.1. The van der Waals surface area contributed by atoms with Gasteiger partial charge in [0.05, 0.1) is 40.9 Å². The molecule has 0 aliphatic carbocycles. The monoisotopic (exact) mass is 521 g/mol. The number of aromatic hydroxyl groups is 1. The Morgan fingerprint density at radius 3 is 2.85 bits per heavy atom. The molecule has 0 fully saturated rings. The van der Waals surface area contributed by atoms with Crippen molar-refractivity contribution >= 4 is 33.4 Å². The van der Waals surface area contributed by atoms with Gasteiger partial charge in [0.2, 0.25) is 0 Å². The molecular weight excluding hydrogens is 490 g/mol. The predicted molar refractivity (Wildman–Crippen MR) is 151 cm³/mol. The van der Waals surface area contributed by atoms with Crippen molar-refractivity contribution in [2.45, 2.75) is 45.3 Å². The van der Waals surface area contributed by atoms with Crippen LogP contribution >= 0.6 is 0 Å². The van der Waals surface area contributed by atoms with E-state index < -0.39 is 6.04 Å². The number of hydrogen-bond donors (Lipinski definition) is 5. The number of nitrogens with one attached hydrogen (secondary N) is 4. The number of H-pyrrole nitrogens is 1. The van der Waals surface area contributed by atoms with E-state index in [-0.39, 0.29) is 17.7 Å². The fraction of sp³-hybridized carbons (Fsp3) is 0.267. The first-order valence-electron chi connectivity index (χ1n) is 13.1. The van der Waals surface area contributed by atoms with E-state index >= 15 is 0 Å². The molecular formula is C30H31N7O2. The number of benzene rings is 3. The summed E-state index contributed by atoms with van der Waals surface area (Å²) in [5.74, 6) is 1.62. The van der Waals surface area contributed by atoms with Gasteiger partial charge in [-0.2, -0.15) is 0 Å². The van der Waals surface area contributed by atoms with Crippen LogP contribution in [0, 0.1) is 5.41 Å². The first kappa shape index (κ1) is 24.8. The molecule has 2 aromatic heterocycles. The molecule has 39 heavy (non-hydrogen) atoms. The average Bonchev–Trinajstić information content (AvgIpc) is 3.47. The molecule has 0 saturated heterocycles. The first-order chi connectivity index (χ1) is 18.8. The fourth-order valence-corrected chi connectivity index (χ4v) is 5.48. The van der Waals surface area contributed by atoms with Crippen LogP contribution in [0.2, 0.25) is 0 Å². The molecule has 9 nitrogen and oxygen atoms in total. The van der Waals surface area contributed by atoms with Crippen molar-refractivity contribution in [1.29, 1.82) is 5.41 Å². The summed E-state index contributed by atoms with van der Waals surface area (Å²) in [6, 6.07) is 16.5. The van der Waals surface area contributed by atoms with Gasteiger partial charge in [-0.15, -0.1) is 0 Å². The van der Waals surface area contributed by atoms with E-state index in [4.69, 9.17) is 15.4 Å². The van der Waals surface area contributed by atoms with Gasteiger partial charge in [-0.3, -0.25) is 4.79 Å². The maximum atomic E-state index is 13.3. The number of carbonyl (C=O) groups is 1. The van der Waals surface area contributed by atoms with E-state index in [0.29, 0.717) is 36.2 Å². The third-order valence-electron chi connectivity index (χ3n) is 7.65. The zero-order valence-corrected chi connectivity index (χ0v) is 22.2. The zero-order chi connectivity index (χ0) is 27.3. The lowest BCUT2D eigenvalue weighted by molar-refractivity contribution is 0.0940. The fourth-order valence-electron chi connectivity index (χ4n) is 5.48. The number of carbonyl (C=O) groups excluding carboxylic acids is 1.